The van der Waals surface area contributed by atoms with E-state index in [9.17, 15) is 4.79 Å². The summed E-state index contributed by atoms with van der Waals surface area (Å²) in [6.45, 7) is 6.48. The van der Waals surface area contributed by atoms with Crippen LogP contribution < -0.4 is 10.6 Å². The number of methoxy groups -OCH3 is 1. The SMILES string of the molecule is COCC1CNCC1CC(C)(C)NC(=O)O. The molecule has 3 N–H and O–H groups in total. The van der Waals surface area contributed by atoms with Gasteiger partial charge in [0.05, 0.1) is 6.61 Å². The van der Waals surface area contributed by atoms with Gasteiger partial charge in [-0.2, -0.15) is 0 Å². The molecule has 0 aromatic rings. The largest absolute Gasteiger partial charge is 0.465 e. The minimum Gasteiger partial charge on any atom is -0.465 e. The van der Waals surface area contributed by atoms with Crippen molar-refractivity contribution >= 4 is 6.09 Å². The highest BCUT2D eigenvalue weighted by molar-refractivity contribution is 5.65. The zero-order valence-corrected chi connectivity index (χ0v) is 10.2. The predicted octanol–water partition coefficient (Wildman–Crippen LogP) is 0.905. The molecule has 2 atom stereocenters. The highest BCUT2D eigenvalue weighted by Gasteiger charge is 2.33. The van der Waals surface area contributed by atoms with E-state index >= 15 is 0 Å². The smallest absolute Gasteiger partial charge is 0.405 e. The van der Waals surface area contributed by atoms with E-state index in [0.29, 0.717) is 11.8 Å². The summed E-state index contributed by atoms with van der Waals surface area (Å²) in [6, 6.07) is 0. The molecule has 1 amide bonds. The summed E-state index contributed by atoms with van der Waals surface area (Å²) < 4.78 is 5.17. The van der Waals surface area contributed by atoms with Crippen LogP contribution in [0.5, 0.6) is 0 Å². The molecular formula is C11H22N2O3. The first-order chi connectivity index (χ1) is 7.44. The Hall–Kier alpha value is -0.810. The summed E-state index contributed by atoms with van der Waals surface area (Å²) >= 11 is 0. The van der Waals surface area contributed by atoms with Crippen molar-refractivity contribution in [1.29, 1.82) is 0 Å². The van der Waals surface area contributed by atoms with Crippen molar-refractivity contribution in [1.82, 2.24) is 10.6 Å². The van der Waals surface area contributed by atoms with Gasteiger partial charge >= 0.3 is 6.09 Å². The standard InChI is InChI=1S/C11H22N2O3/c1-11(2,13-10(14)15)4-8-5-12-6-9(8)7-16-3/h8-9,12-13H,4-7H2,1-3H3,(H,14,15). The van der Waals surface area contributed by atoms with E-state index < -0.39 is 6.09 Å². The third kappa shape index (κ3) is 3.98. The monoisotopic (exact) mass is 230 g/mol. The normalized spacial score (nSPS) is 25.7. The Labute approximate surface area is 96.6 Å². The quantitative estimate of drug-likeness (QED) is 0.656. The second kappa shape index (κ2) is 5.50. The van der Waals surface area contributed by atoms with Crippen LogP contribution in [0.4, 0.5) is 4.79 Å². The number of ether oxygens (including phenoxy) is 1. The van der Waals surface area contributed by atoms with Crippen molar-refractivity contribution in [3.8, 4) is 0 Å². The lowest BCUT2D eigenvalue weighted by atomic mass is 9.84. The first-order valence-electron chi connectivity index (χ1n) is 5.65. The van der Waals surface area contributed by atoms with Gasteiger partial charge in [-0.05, 0) is 38.6 Å². The summed E-state index contributed by atoms with van der Waals surface area (Å²) in [5.41, 5.74) is -0.380. The van der Waals surface area contributed by atoms with E-state index in [1.807, 2.05) is 13.8 Å². The van der Waals surface area contributed by atoms with Crippen LogP contribution in [0, 0.1) is 11.8 Å². The van der Waals surface area contributed by atoms with Gasteiger partial charge in [0.2, 0.25) is 0 Å². The molecule has 0 spiro atoms. The lowest BCUT2D eigenvalue weighted by Crippen LogP contribution is -2.45. The fourth-order valence-electron chi connectivity index (χ4n) is 2.43. The van der Waals surface area contributed by atoms with Gasteiger partial charge in [0.15, 0.2) is 0 Å². The van der Waals surface area contributed by atoms with Gasteiger partial charge in [0.1, 0.15) is 0 Å². The zero-order chi connectivity index (χ0) is 12.2. The third-order valence-corrected chi connectivity index (χ3v) is 3.08. The average molecular weight is 230 g/mol. The Morgan fingerprint density at radius 3 is 2.69 bits per heavy atom. The number of amides is 1. The van der Waals surface area contributed by atoms with Gasteiger partial charge in [-0.3, -0.25) is 0 Å². The van der Waals surface area contributed by atoms with Crippen LogP contribution in [0.3, 0.4) is 0 Å². The van der Waals surface area contributed by atoms with Crippen molar-refractivity contribution in [3.05, 3.63) is 0 Å². The minimum atomic E-state index is -0.959. The molecule has 0 bridgehead atoms. The first kappa shape index (κ1) is 13.3. The molecule has 1 saturated heterocycles. The van der Waals surface area contributed by atoms with Gasteiger partial charge in [-0.1, -0.05) is 0 Å². The minimum absolute atomic E-state index is 0.380. The predicted molar refractivity (Wildman–Crippen MR) is 61.6 cm³/mol. The molecule has 2 unspecified atom stereocenters. The molecule has 1 fully saturated rings. The van der Waals surface area contributed by atoms with E-state index in [4.69, 9.17) is 9.84 Å². The molecular weight excluding hydrogens is 208 g/mol. The molecule has 94 valence electrons. The summed E-state index contributed by atoms with van der Waals surface area (Å²) in [6.07, 6.45) is -0.125. The number of carbonyl (C=O) groups is 1. The van der Waals surface area contributed by atoms with Crippen LogP contribution in [0.2, 0.25) is 0 Å². The third-order valence-electron chi connectivity index (χ3n) is 3.08. The Morgan fingerprint density at radius 1 is 1.50 bits per heavy atom. The van der Waals surface area contributed by atoms with E-state index in [-0.39, 0.29) is 5.54 Å². The van der Waals surface area contributed by atoms with Gasteiger partial charge < -0.3 is 20.5 Å². The van der Waals surface area contributed by atoms with Gasteiger partial charge in [0, 0.05) is 19.2 Å². The molecule has 5 nitrogen and oxygen atoms in total. The Morgan fingerprint density at radius 2 is 2.12 bits per heavy atom. The second-order valence-electron chi connectivity index (χ2n) is 5.15. The number of hydrogen-bond acceptors (Lipinski definition) is 3. The van der Waals surface area contributed by atoms with Crippen molar-refractivity contribution < 1.29 is 14.6 Å². The highest BCUT2D eigenvalue weighted by atomic mass is 16.5. The first-order valence-corrected chi connectivity index (χ1v) is 5.65. The molecule has 1 rings (SSSR count). The fraction of sp³-hybridized carbons (Fsp3) is 0.909. The van der Waals surface area contributed by atoms with Gasteiger partial charge in [0.25, 0.3) is 0 Å². The second-order valence-corrected chi connectivity index (χ2v) is 5.15. The van der Waals surface area contributed by atoms with Crippen LogP contribution in [-0.4, -0.2) is 43.5 Å². The van der Waals surface area contributed by atoms with Gasteiger partial charge in [-0.15, -0.1) is 0 Å². The lowest BCUT2D eigenvalue weighted by Gasteiger charge is -2.30. The van der Waals surface area contributed by atoms with Crippen LogP contribution >= 0.6 is 0 Å². The van der Waals surface area contributed by atoms with Crippen molar-refractivity contribution in [2.45, 2.75) is 25.8 Å². The molecule has 1 aliphatic heterocycles. The Kier molecular flexibility index (Phi) is 4.56. The maximum atomic E-state index is 10.6. The summed E-state index contributed by atoms with van der Waals surface area (Å²) in [5.74, 6) is 0.960. The molecule has 0 aromatic heterocycles. The van der Waals surface area contributed by atoms with Crippen LogP contribution in [0.15, 0.2) is 0 Å². The van der Waals surface area contributed by atoms with Crippen LogP contribution in [0.1, 0.15) is 20.3 Å². The fourth-order valence-corrected chi connectivity index (χ4v) is 2.43. The van der Waals surface area contributed by atoms with E-state index in [0.717, 1.165) is 26.1 Å². The van der Waals surface area contributed by atoms with Crippen molar-refractivity contribution in [2.75, 3.05) is 26.8 Å². The Bertz CT molecular complexity index is 243. The number of nitrogens with one attached hydrogen (secondary N) is 2. The summed E-state index contributed by atoms with van der Waals surface area (Å²) in [7, 11) is 1.70. The number of rotatable bonds is 5. The lowest BCUT2D eigenvalue weighted by molar-refractivity contribution is 0.126. The molecule has 1 heterocycles. The molecule has 16 heavy (non-hydrogen) atoms. The summed E-state index contributed by atoms with van der Waals surface area (Å²) in [5, 5.41) is 14.6. The van der Waals surface area contributed by atoms with Crippen LogP contribution in [0.25, 0.3) is 0 Å². The molecule has 0 saturated carbocycles. The molecule has 0 aromatic carbocycles. The van der Waals surface area contributed by atoms with Crippen LogP contribution in [-0.2, 0) is 4.74 Å². The number of hydrogen-bond donors (Lipinski definition) is 3. The van der Waals surface area contributed by atoms with Crippen molar-refractivity contribution in [3.63, 3.8) is 0 Å². The average Bonchev–Trinajstić information content (AvgIpc) is 2.50. The molecule has 0 radical (unpaired) electrons. The van der Waals surface area contributed by atoms with E-state index in [1.54, 1.807) is 7.11 Å². The maximum absolute atomic E-state index is 10.6. The van der Waals surface area contributed by atoms with Crippen molar-refractivity contribution in [2.24, 2.45) is 11.8 Å². The maximum Gasteiger partial charge on any atom is 0.405 e. The molecule has 1 aliphatic rings. The number of carboxylic acid groups (broad SMARTS) is 1. The highest BCUT2D eigenvalue weighted by Crippen LogP contribution is 2.26. The molecule has 5 heteroatoms. The van der Waals surface area contributed by atoms with E-state index in [1.165, 1.54) is 0 Å². The zero-order valence-electron chi connectivity index (χ0n) is 10.2. The summed E-state index contributed by atoms with van der Waals surface area (Å²) in [4.78, 5) is 10.6. The molecule has 0 aliphatic carbocycles. The van der Waals surface area contributed by atoms with E-state index in [2.05, 4.69) is 10.6 Å². The van der Waals surface area contributed by atoms with Gasteiger partial charge in [-0.25, -0.2) is 4.79 Å². The Balaban J connectivity index is 2.48. The topological polar surface area (TPSA) is 70.6 Å².